The molecule has 1 aliphatic carbocycles. The topological polar surface area (TPSA) is 56.8 Å². The lowest BCUT2D eigenvalue weighted by atomic mass is 10.0. The Morgan fingerprint density at radius 3 is 2.68 bits per heavy atom. The number of carbonyl (C=O) groups excluding carboxylic acids is 1. The molecule has 2 aliphatic rings. The molecule has 1 N–H and O–H groups in total. The minimum absolute atomic E-state index is 0.0225. The summed E-state index contributed by atoms with van der Waals surface area (Å²) in [5, 5.41) is 3.68. The van der Waals surface area contributed by atoms with Crippen LogP contribution >= 0.6 is 11.6 Å². The van der Waals surface area contributed by atoms with E-state index in [9.17, 15) is 4.79 Å². The zero-order valence-electron chi connectivity index (χ0n) is 15.9. The molecule has 1 aliphatic heterocycles. The van der Waals surface area contributed by atoms with E-state index in [1.807, 2.05) is 30.3 Å². The number of rotatable bonds is 6. The molecule has 0 aromatic heterocycles. The minimum atomic E-state index is -0.0294. The van der Waals surface area contributed by atoms with Crippen molar-refractivity contribution in [1.29, 1.82) is 0 Å². The third kappa shape index (κ3) is 4.36. The molecule has 0 saturated heterocycles. The van der Waals surface area contributed by atoms with Gasteiger partial charge in [0.25, 0.3) is 0 Å². The molecule has 1 fully saturated rings. The molecule has 148 valence electrons. The van der Waals surface area contributed by atoms with E-state index in [4.69, 9.17) is 25.8 Å². The molecule has 1 amide bonds. The van der Waals surface area contributed by atoms with Gasteiger partial charge in [0.2, 0.25) is 5.91 Å². The monoisotopic (exact) mass is 401 g/mol. The van der Waals surface area contributed by atoms with Crippen LogP contribution in [0.15, 0.2) is 36.4 Å². The van der Waals surface area contributed by atoms with Gasteiger partial charge in [0.05, 0.1) is 37.8 Å². The first-order valence-electron chi connectivity index (χ1n) is 9.65. The number of carbonyl (C=O) groups is 1. The molecule has 28 heavy (non-hydrogen) atoms. The maximum atomic E-state index is 12.7. The molecular formula is C22H24ClNO4. The fourth-order valence-corrected chi connectivity index (χ4v) is 3.80. The molecule has 4 rings (SSSR count). The Morgan fingerprint density at radius 1 is 1.21 bits per heavy atom. The molecule has 1 atom stereocenters. The summed E-state index contributed by atoms with van der Waals surface area (Å²) in [5.74, 6) is 2.45. The summed E-state index contributed by atoms with van der Waals surface area (Å²) in [6, 6.07) is 11.6. The fourth-order valence-electron chi connectivity index (χ4n) is 3.51. The van der Waals surface area contributed by atoms with Crippen molar-refractivity contribution in [2.45, 2.75) is 31.7 Å². The number of hydrogen-bond donors (Lipinski definition) is 1. The fraction of sp³-hybridized carbons (Fsp3) is 0.409. The SMILES string of the molecule is COc1ccc([C@H](NC(=O)Cc2cc(Cl)c3c(c2)OCCCO3)C2CC2)cc1. The Morgan fingerprint density at radius 2 is 1.96 bits per heavy atom. The Balaban J connectivity index is 1.46. The quantitative estimate of drug-likeness (QED) is 0.783. The molecular weight excluding hydrogens is 378 g/mol. The molecule has 1 saturated carbocycles. The highest BCUT2D eigenvalue weighted by molar-refractivity contribution is 6.32. The predicted octanol–water partition coefficient (Wildman–Crippen LogP) is 4.32. The standard InChI is InChI=1S/C22H24ClNO4/c1-26-17-7-5-16(6-8-17)21(15-3-4-15)24-20(25)13-14-11-18(23)22-19(12-14)27-9-2-10-28-22/h5-8,11-12,15,21H,2-4,9-10,13H2,1H3,(H,24,25)/t21-/m1/s1. The van der Waals surface area contributed by atoms with Gasteiger partial charge in [-0.2, -0.15) is 0 Å². The summed E-state index contributed by atoms with van der Waals surface area (Å²) in [6.45, 7) is 1.16. The Bertz CT molecular complexity index is 848. The first-order valence-corrected chi connectivity index (χ1v) is 10.0. The summed E-state index contributed by atoms with van der Waals surface area (Å²) in [6.07, 6.45) is 3.32. The van der Waals surface area contributed by atoms with Gasteiger partial charge < -0.3 is 19.5 Å². The number of halogens is 1. The molecule has 0 radical (unpaired) electrons. The van der Waals surface area contributed by atoms with Crippen molar-refractivity contribution in [3.63, 3.8) is 0 Å². The molecule has 0 unspecified atom stereocenters. The summed E-state index contributed by atoms with van der Waals surface area (Å²) in [5.41, 5.74) is 1.92. The van der Waals surface area contributed by atoms with Crippen molar-refractivity contribution < 1.29 is 19.0 Å². The summed E-state index contributed by atoms with van der Waals surface area (Å²) in [4.78, 5) is 12.7. The van der Waals surface area contributed by atoms with E-state index in [0.717, 1.165) is 36.1 Å². The van der Waals surface area contributed by atoms with E-state index >= 15 is 0 Å². The number of benzene rings is 2. The van der Waals surface area contributed by atoms with Gasteiger partial charge in [0.15, 0.2) is 11.5 Å². The van der Waals surface area contributed by atoms with E-state index in [1.165, 1.54) is 0 Å². The van der Waals surface area contributed by atoms with Crippen LogP contribution in [-0.2, 0) is 11.2 Å². The first kappa shape index (κ1) is 18.9. The summed E-state index contributed by atoms with van der Waals surface area (Å²) >= 11 is 6.35. The number of hydrogen-bond acceptors (Lipinski definition) is 4. The number of ether oxygens (including phenoxy) is 3. The maximum Gasteiger partial charge on any atom is 0.224 e. The van der Waals surface area contributed by atoms with Crippen LogP contribution in [0.25, 0.3) is 0 Å². The molecule has 2 aromatic rings. The van der Waals surface area contributed by atoms with Crippen LogP contribution in [0.5, 0.6) is 17.2 Å². The van der Waals surface area contributed by atoms with Gasteiger partial charge in [-0.05, 0) is 54.2 Å². The van der Waals surface area contributed by atoms with Gasteiger partial charge in [-0.1, -0.05) is 23.7 Å². The summed E-state index contributed by atoms with van der Waals surface area (Å²) < 4.78 is 16.6. The largest absolute Gasteiger partial charge is 0.497 e. The van der Waals surface area contributed by atoms with Gasteiger partial charge in [-0.25, -0.2) is 0 Å². The zero-order valence-corrected chi connectivity index (χ0v) is 16.6. The Kier molecular flexibility index (Phi) is 5.62. The highest BCUT2D eigenvalue weighted by Gasteiger charge is 2.33. The van der Waals surface area contributed by atoms with Crippen LogP contribution in [0.2, 0.25) is 5.02 Å². The van der Waals surface area contributed by atoms with Gasteiger partial charge in [0, 0.05) is 6.42 Å². The minimum Gasteiger partial charge on any atom is -0.497 e. The molecule has 1 heterocycles. The van der Waals surface area contributed by atoms with Gasteiger partial charge in [-0.3, -0.25) is 4.79 Å². The lowest BCUT2D eigenvalue weighted by molar-refractivity contribution is -0.121. The van der Waals surface area contributed by atoms with E-state index in [2.05, 4.69) is 5.32 Å². The maximum absolute atomic E-state index is 12.7. The van der Waals surface area contributed by atoms with E-state index in [0.29, 0.717) is 35.7 Å². The average molecular weight is 402 g/mol. The van der Waals surface area contributed by atoms with Gasteiger partial charge in [-0.15, -0.1) is 0 Å². The number of amides is 1. The summed E-state index contributed by atoms with van der Waals surface area (Å²) in [7, 11) is 1.65. The zero-order chi connectivity index (χ0) is 19.5. The Hall–Kier alpha value is -2.40. The van der Waals surface area contributed by atoms with Crippen molar-refractivity contribution in [3.05, 3.63) is 52.5 Å². The predicted molar refractivity (Wildman–Crippen MR) is 107 cm³/mol. The van der Waals surface area contributed by atoms with Crippen LogP contribution in [0.1, 0.15) is 36.4 Å². The van der Waals surface area contributed by atoms with E-state index < -0.39 is 0 Å². The lowest BCUT2D eigenvalue weighted by Crippen LogP contribution is -2.31. The Labute approximate surface area is 169 Å². The number of nitrogens with one attached hydrogen (secondary N) is 1. The molecule has 2 aromatic carbocycles. The third-order valence-electron chi connectivity index (χ3n) is 5.11. The second-order valence-electron chi connectivity index (χ2n) is 7.29. The van der Waals surface area contributed by atoms with E-state index in [-0.39, 0.29) is 18.4 Å². The molecule has 0 bridgehead atoms. The van der Waals surface area contributed by atoms with Crippen LogP contribution in [-0.4, -0.2) is 26.2 Å². The van der Waals surface area contributed by atoms with Crippen molar-refractivity contribution in [1.82, 2.24) is 5.32 Å². The smallest absolute Gasteiger partial charge is 0.224 e. The van der Waals surface area contributed by atoms with Crippen molar-refractivity contribution >= 4 is 17.5 Å². The van der Waals surface area contributed by atoms with Crippen LogP contribution in [0, 0.1) is 5.92 Å². The van der Waals surface area contributed by atoms with Crippen molar-refractivity contribution in [2.24, 2.45) is 5.92 Å². The van der Waals surface area contributed by atoms with E-state index in [1.54, 1.807) is 13.2 Å². The van der Waals surface area contributed by atoms with Crippen LogP contribution in [0.3, 0.4) is 0 Å². The second-order valence-corrected chi connectivity index (χ2v) is 7.70. The average Bonchev–Trinajstić information content (AvgIpc) is 3.53. The van der Waals surface area contributed by atoms with Crippen molar-refractivity contribution in [3.8, 4) is 17.2 Å². The lowest BCUT2D eigenvalue weighted by Gasteiger charge is -2.19. The third-order valence-corrected chi connectivity index (χ3v) is 5.39. The highest BCUT2D eigenvalue weighted by Crippen LogP contribution is 2.42. The van der Waals surface area contributed by atoms with Crippen LogP contribution < -0.4 is 19.5 Å². The normalized spacial score (nSPS) is 16.8. The molecule has 5 nitrogen and oxygen atoms in total. The van der Waals surface area contributed by atoms with Crippen LogP contribution in [0.4, 0.5) is 0 Å². The van der Waals surface area contributed by atoms with Gasteiger partial charge >= 0.3 is 0 Å². The second kappa shape index (κ2) is 8.31. The number of fused-ring (bicyclic) bond motifs is 1. The first-order chi connectivity index (χ1) is 13.6. The highest BCUT2D eigenvalue weighted by atomic mass is 35.5. The molecule has 6 heteroatoms. The molecule has 0 spiro atoms. The van der Waals surface area contributed by atoms with Crippen molar-refractivity contribution in [2.75, 3.05) is 20.3 Å². The number of methoxy groups -OCH3 is 1. The van der Waals surface area contributed by atoms with Gasteiger partial charge in [0.1, 0.15) is 5.75 Å².